The van der Waals surface area contributed by atoms with Crippen molar-refractivity contribution in [2.45, 2.75) is 33.2 Å². The first kappa shape index (κ1) is 11.2. The Morgan fingerprint density at radius 3 is 2.64 bits per heavy atom. The van der Waals surface area contributed by atoms with Gasteiger partial charge in [-0.05, 0) is 31.9 Å². The average molecular weight is 214 g/mol. The fraction of sp³-hybridized carbons (Fsp3) is 0.600. The molecule has 3 nitrogen and oxygen atoms in total. The van der Waals surface area contributed by atoms with Gasteiger partial charge in [-0.2, -0.15) is 0 Å². The first-order valence-corrected chi connectivity index (χ1v) is 5.16. The van der Waals surface area contributed by atoms with Crippen LogP contribution in [0.3, 0.4) is 0 Å². The smallest absolute Gasteiger partial charge is 0.224 e. The van der Waals surface area contributed by atoms with Crippen molar-refractivity contribution < 1.29 is 0 Å². The SMILES string of the molecule is CCC(C)N(C)c1cc(C)nc(Cl)n1. The van der Waals surface area contributed by atoms with Crippen LogP contribution in [0.4, 0.5) is 5.82 Å². The minimum atomic E-state index is 0.315. The molecule has 0 fully saturated rings. The van der Waals surface area contributed by atoms with Crippen LogP contribution in [0.25, 0.3) is 0 Å². The summed E-state index contributed by atoms with van der Waals surface area (Å²) in [6.07, 6.45) is 1.08. The molecular weight excluding hydrogens is 198 g/mol. The average Bonchev–Trinajstić information content (AvgIpc) is 2.14. The molecule has 0 saturated heterocycles. The van der Waals surface area contributed by atoms with Gasteiger partial charge in [-0.1, -0.05) is 6.92 Å². The van der Waals surface area contributed by atoms with Gasteiger partial charge in [0.25, 0.3) is 0 Å². The summed E-state index contributed by atoms with van der Waals surface area (Å²) in [4.78, 5) is 10.3. The lowest BCUT2D eigenvalue weighted by Crippen LogP contribution is -2.28. The van der Waals surface area contributed by atoms with Gasteiger partial charge in [-0.3, -0.25) is 0 Å². The van der Waals surface area contributed by atoms with Gasteiger partial charge in [0.05, 0.1) is 0 Å². The minimum absolute atomic E-state index is 0.315. The number of aryl methyl sites for hydroxylation is 1. The van der Waals surface area contributed by atoms with Crippen molar-refractivity contribution in [3.8, 4) is 0 Å². The fourth-order valence-electron chi connectivity index (χ4n) is 1.20. The van der Waals surface area contributed by atoms with Gasteiger partial charge < -0.3 is 4.90 Å². The second-order valence-electron chi connectivity index (χ2n) is 3.50. The number of hydrogen-bond acceptors (Lipinski definition) is 3. The molecule has 1 unspecified atom stereocenters. The molecule has 1 aromatic rings. The summed E-state index contributed by atoms with van der Waals surface area (Å²) >= 11 is 5.79. The highest BCUT2D eigenvalue weighted by molar-refractivity contribution is 6.28. The summed E-state index contributed by atoms with van der Waals surface area (Å²) in [7, 11) is 2.02. The Balaban J connectivity index is 2.94. The van der Waals surface area contributed by atoms with E-state index in [4.69, 9.17) is 11.6 Å². The van der Waals surface area contributed by atoms with E-state index in [1.807, 2.05) is 20.0 Å². The summed E-state index contributed by atoms with van der Waals surface area (Å²) in [5.41, 5.74) is 0.898. The number of aromatic nitrogens is 2. The molecule has 0 radical (unpaired) electrons. The maximum Gasteiger partial charge on any atom is 0.224 e. The summed E-state index contributed by atoms with van der Waals surface area (Å²) in [6.45, 7) is 6.23. The van der Waals surface area contributed by atoms with Gasteiger partial charge in [-0.25, -0.2) is 9.97 Å². The monoisotopic (exact) mass is 213 g/mol. The molecule has 1 rings (SSSR count). The number of nitrogens with zero attached hydrogens (tertiary/aromatic N) is 3. The lowest BCUT2D eigenvalue weighted by Gasteiger charge is -2.24. The van der Waals surface area contributed by atoms with Gasteiger partial charge in [0, 0.05) is 24.8 Å². The molecule has 0 aliphatic carbocycles. The van der Waals surface area contributed by atoms with Crippen molar-refractivity contribution in [2.75, 3.05) is 11.9 Å². The van der Waals surface area contributed by atoms with Crippen LogP contribution in [0.2, 0.25) is 5.28 Å². The predicted molar refractivity (Wildman–Crippen MR) is 59.9 cm³/mol. The van der Waals surface area contributed by atoms with Crippen molar-refractivity contribution in [3.63, 3.8) is 0 Å². The molecule has 0 bridgehead atoms. The van der Waals surface area contributed by atoms with Crippen LogP contribution in [0, 0.1) is 6.92 Å². The molecule has 1 atom stereocenters. The van der Waals surface area contributed by atoms with E-state index in [2.05, 4.69) is 28.7 Å². The third-order valence-corrected chi connectivity index (χ3v) is 2.60. The van der Waals surface area contributed by atoms with Crippen molar-refractivity contribution in [1.29, 1.82) is 0 Å². The van der Waals surface area contributed by atoms with E-state index in [-0.39, 0.29) is 0 Å². The number of halogens is 1. The zero-order valence-electron chi connectivity index (χ0n) is 9.08. The molecule has 0 amide bonds. The highest BCUT2D eigenvalue weighted by Gasteiger charge is 2.10. The molecule has 0 N–H and O–H groups in total. The molecule has 0 spiro atoms. The Morgan fingerprint density at radius 2 is 2.14 bits per heavy atom. The third kappa shape index (κ3) is 2.58. The fourth-order valence-corrected chi connectivity index (χ4v) is 1.42. The van der Waals surface area contributed by atoms with Crippen LogP contribution in [0.15, 0.2) is 6.07 Å². The molecule has 1 aromatic heterocycles. The molecule has 78 valence electrons. The lowest BCUT2D eigenvalue weighted by molar-refractivity contribution is 0.655. The summed E-state index contributed by atoms with van der Waals surface area (Å²) < 4.78 is 0. The maximum absolute atomic E-state index is 5.79. The quantitative estimate of drug-likeness (QED) is 0.723. The number of rotatable bonds is 3. The third-order valence-electron chi connectivity index (χ3n) is 2.43. The number of anilines is 1. The largest absolute Gasteiger partial charge is 0.357 e. The zero-order valence-corrected chi connectivity index (χ0v) is 9.84. The van der Waals surface area contributed by atoms with Gasteiger partial charge in [-0.15, -0.1) is 0 Å². The Hall–Kier alpha value is -0.830. The molecule has 0 aliphatic heterocycles. The second kappa shape index (κ2) is 4.60. The lowest BCUT2D eigenvalue weighted by atomic mass is 10.2. The van der Waals surface area contributed by atoms with Gasteiger partial charge >= 0.3 is 0 Å². The molecule has 1 heterocycles. The standard InChI is InChI=1S/C10H16ClN3/c1-5-8(3)14(4)9-6-7(2)12-10(11)13-9/h6,8H,5H2,1-4H3. The Labute approximate surface area is 90.1 Å². The van der Waals surface area contributed by atoms with E-state index < -0.39 is 0 Å². The second-order valence-corrected chi connectivity index (χ2v) is 3.84. The predicted octanol–water partition coefficient (Wildman–Crippen LogP) is 2.67. The molecule has 4 heteroatoms. The summed E-state index contributed by atoms with van der Waals surface area (Å²) in [5.74, 6) is 0.886. The van der Waals surface area contributed by atoms with Crippen molar-refractivity contribution in [3.05, 3.63) is 17.0 Å². The van der Waals surface area contributed by atoms with Crippen LogP contribution in [0.1, 0.15) is 26.0 Å². The minimum Gasteiger partial charge on any atom is -0.357 e. The Kier molecular flexibility index (Phi) is 3.69. The van der Waals surface area contributed by atoms with E-state index in [0.717, 1.165) is 17.9 Å². The van der Waals surface area contributed by atoms with Crippen LogP contribution in [0.5, 0.6) is 0 Å². The van der Waals surface area contributed by atoms with E-state index in [1.54, 1.807) is 0 Å². The molecule has 0 aromatic carbocycles. The maximum atomic E-state index is 5.79. The van der Waals surface area contributed by atoms with E-state index in [0.29, 0.717) is 11.3 Å². The van der Waals surface area contributed by atoms with E-state index in [9.17, 15) is 0 Å². The van der Waals surface area contributed by atoms with Crippen molar-refractivity contribution in [2.24, 2.45) is 0 Å². The van der Waals surface area contributed by atoms with Crippen LogP contribution < -0.4 is 4.90 Å². The highest BCUT2D eigenvalue weighted by atomic mass is 35.5. The molecule has 0 saturated carbocycles. The van der Waals surface area contributed by atoms with Crippen LogP contribution in [-0.4, -0.2) is 23.1 Å². The molecule has 14 heavy (non-hydrogen) atoms. The topological polar surface area (TPSA) is 29.0 Å². The van der Waals surface area contributed by atoms with Crippen LogP contribution >= 0.6 is 11.6 Å². The Bertz CT molecular complexity index is 294. The number of hydrogen-bond donors (Lipinski definition) is 0. The highest BCUT2D eigenvalue weighted by Crippen LogP contribution is 2.16. The van der Waals surface area contributed by atoms with Gasteiger partial charge in [0.15, 0.2) is 0 Å². The zero-order chi connectivity index (χ0) is 10.7. The van der Waals surface area contributed by atoms with Crippen molar-refractivity contribution >= 4 is 17.4 Å². The van der Waals surface area contributed by atoms with Crippen LogP contribution in [-0.2, 0) is 0 Å². The first-order chi connectivity index (χ1) is 6.54. The summed E-state index contributed by atoms with van der Waals surface area (Å²) in [6, 6.07) is 2.40. The Morgan fingerprint density at radius 1 is 1.50 bits per heavy atom. The van der Waals surface area contributed by atoms with E-state index in [1.165, 1.54) is 0 Å². The van der Waals surface area contributed by atoms with E-state index >= 15 is 0 Å². The van der Waals surface area contributed by atoms with Gasteiger partial charge in [0.1, 0.15) is 5.82 Å². The first-order valence-electron chi connectivity index (χ1n) is 4.78. The molecular formula is C10H16ClN3. The van der Waals surface area contributed by atoms with Crippen molar-refractivity contribution in [1.82, 2.24) is 9.97 Å². The van der Waals surface area contributed by atoms with Gasteiger partial charge in [0.2, 0.25) is 5.28 Å². The summed E-state index contributed by atoms with van der Waals surface area (Å²) in [5, 5.41) is 0.315. The molecule has 0 aliphatic rings. The normalized spacial score (nSPS) is 12.6.